The third-order valence-corrected chi connectivity index (χ3v) is 14.7. The van der Waals surface area contributed by atoms with Crippen LogP contribution in [-0.2, 0) is 4.57 Å². The molecule has 4 unspecified atom stereocenters. The molecule has 4 atom stereocenters. The topological polar surface area (TPSA) is 53.2 Å². The monoisotopic (exact) mass is 495 g/mol. The van der Waals surface area contributed by atoms with Gasteiger partial charge in [0, 0.05) is 16.8 Å². The molecular weight excluding hydrogens is 449 g/mol. The molecule has 0 saturated heterocycles. The van der Waals surface area contributed by atoms with E-state index in [4.69, 9.17) is 0 Å². The van der Waals surface area contributed by atoms with Crippen LogP contribution in [0.3, 0.4) is 0 Å². The normalized spacial score (nSPS) is 47.5. The highest BCUT2D eigenvalue weighted by Gasteiger charge is 2.66. The van der Waals surface area contributed by atoms with E-state index in [2.05, 4.69) is 67.2 Å². The quantitative estimate of drug-likeness (QED) is 0.356. The lowest BCUT2D eigenvalue weighted by Crippen LogP contribution is -2.71. The molecule has 8 saturated carbocycles. The summed E-state index contributed by atoms with van der Waals surface area (Å²) in [6.07, 6.45) is 13.0. The molecule has 0 aromatic heterocycles. The molecule has 9 rings (SSSR count). The molecule has 0 radical (unpaired) electrons. The van der Waals surface area contributed by atoms with E-state index in [1.165, 1.54) is 64.2 Å². The maximum absolute atomic E-state index is 15.4. The number of hydrogen-bond donors (Lipinski definition) is 3. The van der Waals surface area contributed by atoms with Gasteiger partial charge in [-0.1, -0.05) is 45.9 Å². The Kier molecular flexibility index (Phi) is 4.92. The highest BCUT2D eigenvalue weighted by Crippen LogP contribution is 2.69. The van der Waals surface area contributed by atoms with E-state index in [0.29, 0.717) is 0 Å². The molecule has 35 heavy (non-hydrogen) atoms. The van der Waals surface area contributed by atoms with E-state index in [-0.39, 0.29) is 21.9 Å². The van der Waals surface area contributed by atoms with Gasteiger partial charge in [-0.25, -0.2) is 10.2 Å². The Labute approximate surface area is 212 Å². The number of para-hydroxylation sites is 1. The lowest BCUT2D eigenvalue weighted by atomic mass is 9.43. The van der Waals surface area contributed by atoms with Gasteiger partial charge in [-0.05, 0) is 123 Å². The minimum absolute atomic E-state index is 0.0570. The van der Waals surface area contributed by atoms with Crippen molar-refractivity contribution in [1.82, 2.24) is 10.2 Å². The van der Waals surface area contributed by atoms with Gasteiger partial charge in [0.25, 0.3) is 0 Å². The first-order valence-corrected chi connectivity index (χ1v) is 16.2. The molecule has 8 fully saturated rings. The second kappa shape index (κ2) is 7.39. The number of nitrogens with one attached hydrogen (secondary N) is 3. The second-order valence-corrected chi connectivity index (χ2v) is 16.9. The van der Waals surface area contributed by atoms with E-state index in [1.807, 2.05) is 6.07 Å². The van der Waals surface area contributed by atoms with Gasteiger partial charge in [0.15, 0.2) is 0 Å². The standard InChI is InChI=1S/C30H46N3OP/c1-27(2)24-12-20-10-21(13-24)17-29(27,16-20)32-35(34,31-26-8-6-5-7-9-26)33-30-18-22-11-23(19-30)15-25(14-22)28(30,3)4/h5-9,20-25H,10-19H2,1-4H3,(H3,31,32,33,34). The fraction of sp³-hybridized carbons (Fsp3) is 0.800. The van der Waals surface area contributed by atoms with Crippen LogP contribution in [0.5, 0.6) is 0 Å². The summed E-state index contributed by atoms with van der Waals surface area (Å²) in [4.78, 5) is 0. The second-order valence-electron chi connectivity index (χ2n) is 15.0. The highest BCUT2D eigenvalue weighted by molar-refractivity contribution is 7.61. The van der Waals surface area contributed by atoms with Crippen molar-refractivity contribution in [3.05, 3.63) is 30.3 Å². The zero-order valence-corrected chi connectivity index (χ0v) is 23.2. The van der Waals surface area contributed by atoms with E-state index in [1.54, 1.807) is 0 Å². The fourth-order valence-corrected chi connectivity index (χ4v) is 13.6. The van der Waals surface area contributed by atoms with Gasteiger partial charge < -0.3 is 5.09 Å². The van der Waals surface area contributed by atoms with Crippen LogP contribution >= 0.6 is 7.59 Å². The van der Waals surface area contributed by atoms with Crippen LogP contribution in [0, 0.1) is 46.3 Å². The largest absolute Gasteiger partial charge is 0.313 e. The average molecular weight is 496 g/mol. The van der Waals surface area contributed by atoms with E-state index < -0.39 is 7.59 Å². The van der Waals surface area contributed by atoms with Crippen molar-refractivity contribution >= 4 is 13.3 Å². The van der Waals surface area contributed by atoms with Crippen molar-refractivity contribution in [2.75, 3.05) is 5.09 Å². The summed E-state index contributed by atoms with van der Waals surface area (Å²) in [6.45, 7) is 9.90. The molecule has 0 aliphatic heterocycles. The fourth-order valence-electron chi connectivity index (χ4n) is 10.8. The molecule has 1 aromatic carbocycles. The van der Waals surface area contributed by atoms with Crippen LogP contribution in [-0.4, -0.2) is 11.1 Å². The summed E-state index contributed by atoms with van der Waals surface area (Å²) >= 11 is 0. The Balaban J connectivity index is 1.28. The molecule has 8 aliphatic carbocycles. The summed E-state index contributed by atoms with van der Waals surface area (Å²) in [5, 5.41) is 11.7. The van der Waals surface area contributed by atoms with Gasteiger partial charge in [0.1, 0.15) is 0 Å². The molecule has 1 aromatic rings. The number of benzene rings is 1. The summed E-state index contributed by atoms with van der Waals surface area (Å²) in [7, 11) is -3.15. The Morgan fingerprint density at radius 1 is 0.657 bits per heavy atom. The maximum Gasteiger partial charge on any atom is 0.304 e. The van der Waals surface area contributed by atoms with Crippen molar-refractivity contribution in [3.63, 3.8) is 0 Å². The molecule has 0 amide bonds. The van der Waals surface area contributed by atoms with E-state index in [9.17, 15) is 0 Å². The van der Waals surface area contributed by atoms with Crippen molar-refractivity contribution < 1.29 is 4.57 Å². The van der Waals surface area contributed by atoms with Gasteiger partial charge in [0.05, 0.1) is 0 Å². The highest BCUT2D eigenvalue weighted by atomic mass is 31.2. The minimum atomic E-state index is -3.15. The number of hydrogen-bond acceptors (Lipinski definition) is 1. The Morgan fingerprint density at radius 2 is 1.06 bits per heavy atom. The summed E-state index contributed by atoms with van der Waals surface area (Å²) < 4.78 is 15.4. The minimum Gasteiger partial charge on any atom is -0.313 e. The third kappa shape index (κ3) is 3.34. The van der Waals surface area contributed by atoms with Crippen LogP contribution in [0.4, 0.5) is 5.69 Å². The van der Waals surface area contributed by atoms with Crippen molar-refractivity contribution in [1.29, 1.82) is 0 Å². The molecule has 8 aliphatic rings. The van der Waals surface area contributed by atoms with Crippen LogP contribution in [0.25, 0.3) is 0 Å². The molecular formula is C30H46N3OP. The number of anilines is 1. The summed E-state index contributed by atoms with van der Waals surface area (Å²) in [6, 6.07) is 10.3. The molecule has 4 nitrogen and oxygen atoms in total. The lowest BCUT2D eigenvalue weighted by molar-refractivity contribution is -0.119. The van der Waals surface area contributed by atoms with Gasteiger partial charge >= 0.3 is 7.59 Å². The Morgan fingerprint density at radius 3 is 1.46 bits per heavy atom. The van der Waals surface area contributed by atoms with E-state index in [0.717, 1.165) is 41.2 Å². The van der Waals surface area contributed by atoms with Gasteiger partial charge in [-0.2, -0.15) is 0 Å². The molecule has 5 heteroatoms. The third-order valence-electron chi connectivity index (χ3n) is 12.7. The predicted molar refractivity (Wildman–Crippen MR) is 144 cm³/mol. The van der Waals surface area contributed by atoms with Crippen LogP contribution in [0.1, 0.15) is 91.9 Å². The first-order valence-electron chi connectivity index (χ1n) is 14.5. The predicted octanol–water partition coefficient (Wildman–Crippen LogP) is 7.60. The molecule has 0 spiro atoms. The number of rotatable bonds is 6. The maximum atomic E-state index is 15.4. The Bertz CT molecular complexity index is 963. The first-order chi connectivity index (χ1) is 16.5. The molecule has 0 heterocycles. The van der Waals surface area contributed by atoms with Gasteiger partial charge in [0.2, 0.25) is 0 Å². The van der Waals surface area contributed by atoms with E-state index >= 15 is 4.57 Å². The summed E-state index contributed by atoms with van der Waals surface area (Å²) in [5.74, 6) is 4.71. The zero-order valence-electron chi connectivity index (χ0n) is 22.3. The molecule has 3 N–H and O–H groups in total. The average Bonchev–Trinajstić information content (AvgIpc) is 2.76. The Hall–Kier alpha value is -0.830. The molecule has 192 valence electrons. The van der Waals surface area contributed by atoms with Crippen LogP contribution < -0.4 is 15.3 Å². The van der Waals surface area contributed by atoms with Crippen LogP contribution in [0.2, 0.25) is 0 Å². The first kappa shape index (κ1) is 23.3. The van der Waals surface area contributed by atoms with Crippen LogP contribution in [0.15, 0.2) is 30.3 Å². The smallest absolute Gasteiger partial charge is 0.304 e. The van der Waals surface area contributed by atoms with Crippen molar-refractivity contribution in [3.8, 4) is 0 Å². The summed E-state index contributed by atoms with van der Waals surface area (Å²) in [5.41, 5.74) is 1.16. The zero-order chi connectivity index (χ0) is 24.3. The SMILES string of the molecule is CC1(C)C2CC3CC(C2)CC1(NP(=O)(Nc1ccccc1)NC12CC4CC(CC(C4)C1(C)C)C2)C3. The van der Waals surface area contributed by atoms with Crippen molar-refractivity contribution in [2.24, 2.45) is 46.3 Å². The lowest BCUT2D eigenvalue weighted by Gasteiger charge is -2.68. The van der Waals surface area contributed by atoms with Gasteiger partial charge in [-0.15, -0.1) is 0 Å². The van der Waals surface area contributed by atoms with Crippen molar-refractivity contribution in [2.45, 2.75) is 103 Å². The van der Waals surface area contributed by atoms with Gasteiger partial charge in [-0.3, -0.25) is 4.57 Å². The molecule has 8 bridgehead atoms.